The molecule has 0 saturated carbocycles. The van der Waals surface area contributed by atoms with Gasteiger partial charge in [-0.05, 0) is 47.5 Å². The summed E-state index contributed by atoms with van der Waals surface area (Å²) in [5, 5.41) is 9.05. The van der Waals surface area contributed by atoms with Crippen molar-refractivity contribution in [1.29, 1.82) is 0 Å². The lowest BCUT2D eigenvalue weighted by Crippen LogP contribution is -2.25. The molecule has 1 heterocycles. The summed E-state index contributed by atoms with van der Waals surface area (Å²) >= 11 is 0. The molecule has 3 aromatic rings. The molecule has 1 N–H and O–H groups in total. The van der Waals surface area contributed by atoms with E-state index in [4.69, 9.17) is 9.84 Å². The molecule has 0 radical (unpaired) electrons. The quantitative estimate of drug-likeness (QED) is 0.613. The molecule has 0 aliphatic heterocycles. The first-order valence-corrected chi connectivity index (χ1v) is 8.84. The molecular weight excluding hydrogens is 340 g/mol. The van der Waals surface area contributed by atoms with Crippen molar-refractivity contribution in [2.24, 2.45) is 0 Å². The van der Waals surface area contributed by atoms with E-state index in [0.29, 0.717) is 19.6 Å². The molecule has 1 aromatic heterocycles. The highest BCUT2D eigenvalue weighted by Gasteiger charge is 2.10. The summed E-state index contributed by atoms with van der Waals surface area (Å²) in [6, 6.07) is 21.4. The molecule has 138 valence electrons. The van der Waals surface area contributed by atoms with Crippen molar-refractivity contribution in [3.05, 3.63) is 90.3 Å². The summed E-state index contributed by atoms with van der Waals surface area (Å²) < 4.78 is 5.90. The van der Waals surface area contributed by atoms with Crippen LogP contribution >= 0.6 is 0 Å². The van der Waals surface area contributed by atoms with Crippen molar-refractivity contribution >= 4 is 5.97 Å². The van der Waals surface area contributed by atoms with Gasteiger partial charge in [0.25, 0.3) is 0 Å². The van der Waals surface area contributed by atoms with Gasteiger partial charge in [-0.3, -0.25) is 14.7 Å². The number of aromatic nitrogens is 1. The van der Waals surface area contributed by atoms with Crippen LogP contribution < -0.4 is 4.74 Å². The highest BCUT2D eigenvalue weighted by Crippen LogP contribution is 2.22. The second-order valence-corrected chi connectivity index (χ2v) is 6.27. The lowest BCUT2D eigenvalue weighted by molar-refractivity contribution is -0.137. The number of benzene rings is 2. The summed E-state index contributed by atoms with van der Waals surface area (Å²) in [5.41, 5.74) is 2.18. The number of pyridine rings is 1. The third kappa shape index (κ3) is 6.24. The number of ether oxygens (including phenoxy) is 1. The van der Waals surface area contributed by atoms with Crippen LogP contribution in [0, 0.1) is 0 Å². The van der Waals surface area contributed by atoms with Crippen LogP contribution in [0.3, 0.4) is 0 Å². The van der Waals surface area contributed by atoms with E-state index >= 15 is 0 Å². The van der Waals surface area contributed by atoms with E-state index in [-0.39, 0.29) is 6.42 Å². The normalized spacial score (nSPS) is 10.7. The molecule has 2 aromatic carbocycles. The molecule has 27 heavy (non-hydrogen) atoms. The summed E-state index contributed by atoms with van der Waals surface area (Å²) in [4.78, 5) is 17.2. The number of rotatable bonds is 9. The van der Waals surface area contributed by atoms with Gasteiger partial charge >= 0.3 is 5.97 Å². The maximum Gasteiger partial charge on any atom is 0.304 e. The van der Waals surface area contributed by atoms with Gasteiger partial charge in [0.15, 0.2) is 0 Å². The smallest absolute Gasteiger partial charge is 0.304 e. The van der Waals surface area contributed by atoms with E-state index in [1.807, 2.05) is 66.7 Å². The largest absolute Gasteiger partial charge is 0.481 e. The maximum absolute atomic E-state index is 11.0. The second-order valence-electron chi connectivity index (χ2n) is 6.27. The average molecular weight is 362 g/mol. The van der Waals surface area contributed by atoms with Crippen LogP contribution in [0.2, 0.25) is 0 Å². The monoisotopic (exact) mass is 362 g/mol. The van der Waals surface area contributed by atoms with E-state index in [2.05, 4.69) is 9.88 Å². The molecule has 0 amide bonds. The minimum atomic E-state index is -0.795. The van der Waals surface area contributed by atoms with Gasteiger partial charge in [0.1, 0.15) is 11.5 Å². The first-order chi connectivity index (χ1) is 13.2. The second kappa shape index (κ2) is 9.50. The highest BCUT2D eigenvalue weighted by atomic mass is 16.5. The van der Waals surface area contributed by atoms with E-state index in [0.717, 1.165) is 22.6 Å². The van der Waals surface area contributed by atoms with Gasteiger partial charge in [-0.25, -0.2) is 0 Å². The fourth-order valence-electron chi connectivity index (χ4n) is 2.80. The van der Waals surface area contributed by atoms with Crippen molar-refractivity contribution in [3.63, 3.8) is 0 Å². The Labute approximate surface area is 158 Å². The number of carboxylic acid groups (broad SMARTS) is 1. The van der Waals surface area contributed by atoms with E-state index in [1.165, 1.54) is 0 Å². The standard InChI is InChI=1S/C22H22N2O3/c25-22(26)11-14-24(16-18-9-12-23-13-10-18)17-19-5-4-8-21(15-19)27-20-6-2-1-3-7-20/h1-10,12-13,15H,11,14,16-17H2,(H,25,26). The zero-order valence-corrected chi connectivity index (χ0v) is 15.0. The van der Waals surface area contributed by atoms with Crippen molar-refractivity contribution < 1.29 is 14.6 Å². The zero-order valence-electron chi connectivity index (χ0n) is 15.0. The number of para-hydroxylation sites is 1. The van der Waals surface area contributed by atoms with Crippen LogP contribution in [0.5, 0.6) is 11.5 Å². The Morgan fingerprint density at radius 2 is 1.59 bits per heavy atom. The number of hydrogen-bond donors (Lipinski definition) is 1. The first kappa shape index (κ1) is 18.6. The first-order valence-electron chi connectivity index (χ1n) is 8.84. The third-order valence-corrected chi connectivity index (χ3v) is 4.08. The summed E-state index contributed by atoms with van der Waals surface area (Å²) in [6.07, 6.45) is 3.60. The Balaban J connectivity index is 1.70. The number of hydrogen-bond acceptors (Lipinski definition) is 4. The number of nitrogens with zero attached hydrogens (tertiary/aromatic N) is 2. The van der Waals surface area contributed by atoms with Gasteiger partial charge in [0.2, 0.25) is 0 Å². The van der Waals surface area contributed by atoms with Crippen LogP contribution in [0.25, 0.3) is 0 Å². The zero-order chi connectivity index (χ0) is 18.9. The van der Waals surface area contributed by atoms with E-state index in [9.17, 15) is 4.79 Å². The molecule has 3 rings (SSSR count). The molecule has 0 atom stereocenters. The number of aliphatic carboxylic acids is 1. The van der Waals surface area contributed by atoms with Crippen molar-refractivity contribution in [1.82, 2.24) is 9.88 Å². The minimum absolute atomic E-state index is 0.102. The van der Waals surface area contributed by atoms with Crippen LogP contribution in [-0.2, 0) is 17.9 Å². The molecule has 0 bridgehead atoms. The Kier molecular flexibility index (Phi) is 6.55. The fraction of sp³-hybridized carbons (Fsp3) is 0.182. The molecule has 0 fully saturated rings. The molecule has 0 spiro atoms. The summed E-state index contributed by atoms with van der Waals surface area (Å²) in [7, 11) is 0. The SMILES string of the molecule is O=C(O)CCN(Cc1ccncc1)Cc1cccc(Oc2ccccc2)c1. The van der Waals surface area contributed by atoms with Gasteiger partial charge < -0.3 is 9.84 Å². The third-order valence-electron chi connectivity index (χ3n) is 4.08. The molecule has 0 saturated heterocycles. The van der Waals surface area contributed by atoms with E-state index in [1.54, 1.807) is 12.4 Å². The predicted octanol–water partition coefficient (Wildman–Crippen LogP) is 4.35. The van der Waals surface area contributed by atoms with Crippen LogP contribution in [0.15, 0.2) is 79.1 Å². The van der Waals surface area contributed by atoms with Crippen molar-refractivity contribution in [3.8, 4) is 11.5 Å². The number of carboxylic acids is 1. The highest BCUT2D eigenvalue weighted by molar-refractivity contribution is 5.66. The Hall–Kier alpha value is -3.18. The number of carbonyl (C=O) groups is 1. The predicted molar refractivity (Wildman–Crippen MR) is 104 cm³/mol. The lowest BCUT2D eigenvalue weighted by Gasteiger charge is -2.22. The maximum atomic E-state index is 11.0. The minimum Gasteiger partial charge on any atom is -0.481 e. The molecule has 5 nitrogen and oxygen atoms in total. The van der Waals surface area contributed by atoms with Crippen LogP contribution in [-0.4, -0.2) is 27.5 Å². The van der Waals surface area contributed by atoms with Crippen molar-refractivity contribution in [2.45, 2.75) is 19.5 Å². The molecular formula is C22H22N2O3. The Morgan fingerprint density at radius 3 is 2.33 bits per heavy atom. The summed E-state index contributed by atoms with van der Waals surface area (Å²) in [6.45, 7) is 1.78. The van der Waals surface area contributed by atoms with Gasteiger partial charge in [0, 0.05) is 32.0 Å². The van der Waals surface area contributed by atoms with Gasteiger partial charge in [-0.15, -0.1) is 0 Å². The van der Waals surface area contributed by atoms with E-state index < -0.39 is 5.97 Å². The van der Waals surface area contributed by atoms with Crippen molar-refractivity contribution in [2.75, 3.05) is 6.54 Å². The van der Waals surface area contributed by atoms with Gasteiger partial charge in [-0.1, -0.05) is 30.3 Å². The summed E-state index contributed by atoms with van der Waals surface area (Å²) in [5.74, 6) is 0.755. The topological polar surface area (TPSA) is 62.7 Å². The van der Waals surface area contributed by atoms with Gasteiger partial charge in [-0.2, -0.15) is 0 Å². The molecule has 5 heteroatoms. The molecule has 0 aliphatic rings. The Morgan fingerprint density at radius 1 is 0.889 bits per heavy atom. The van der Waals surface area contributed by atoms with Crippen LogP contribution in [0.1, 0.15) is 17.5 Å². The average Bonchev–Trinajstić information content (AvgIpc) is 2.68. The van der Waals surface area contributed by atoms with Gasteiger partial charge in [0.05, 0.1) is 6.42 Å². The lowest BCUT2D eigenvalue weighted by atomic mass is 10.1. The Bertz CT molecular complexity index is 854. The van der Waals surface area contributed by atoms with Crippen LogP contribution in [0.4, 0.5) is 0 Å². The molecule has 0 aliphatic carbocycles. The fourth-order valence-corrected chi connectivity index (χ4v) is 2.80. The molecule has 0 unspecified atom stereocenters.